The van der Waals surface area contributed by atoms with Gasteiger partial charge in [-0.2, -0.15) is 8.78 Å². The van der Waals surface area contributed by atoms with Gasteiger partial charge >= 0.3 is 12.1 Å². The summed E-state index contributed by atoms with van der Waals surface area (Å²) in [5, 5.41) is 0. The van der Waals surface area contributed by atoms with Crippen molar-refractivity contribution < 1.29 is 31.8 Å². The first-order valence-electron chi connectivity index (χ1n) is 7.46. The van der Waals surface area contributed by atoms with E-state index in [0.717, 1.165) is 7.11 Å². The SMILES string of the molecule is COc1cc(C(F)(F)OC(=O)C2(C)C(C)C2(C)C)c(F)c(F)c1C. The molecule has 7 heteroatoms. The minimum atomic E-state index is -4.32. The fraction of sp³-hybridized carbons (Fsp3) is 0.588. The van der Waals surface area contributed by atoms with Crippen molar-refractivity contribution in [1.82, 2.24) is 0 Å². The molecule has 3 nitrogen and oxygen atoms in total. The van der Waals surface area contributed by atoms with Gasteiger partial charge in [0.1, 0.15) is 11.3 Å². The highest BCUT2D eigenvalue weighted by Gasteiger charge is 2.71. The Kier molecular flexibility index (Phi) is 4.14. The molecule has 0 spiro atoms. The standard InChI is InChI=1S/C17H20F4O3/c1-8-11(23-6)7-10(13(19)12(8)18)17(20,21)24-14(22)16(5)9(2)15(16,3)4/h7,9H,1-6H3. The zero-order chi connectivity index (χ0) is 18.7. The number of rotatable bonds is 4. The van der Waals surface area contributed by atoms with E-state index < -0.39 is 40.1 Å². The number of benzene rings is 1. The molecule has 0 bridgehead atoms. The van der Waals surface area contributed by atoms with Crippen molar-refractivity contribution in [1.29, 1.82) is 0 Å². The highest BCUT2D eigenvalue weighted by molar-refractivity contribution is 5.82. The van der Waals surface area contributed by atoms with Crippen LogP contribution in [0.25, 0.3) is 0 Å². The van der Waals surface area contributed by atoms with Crippen LogP contribution in [0, 0.1) is 35.3 Å². The average molecular weight is 348 g/mol. The van der Waals surface area contributed by atoms with Gasteiger partial charge in [-0.25, -0.2) is 8.78 Å². The Balaban J connectivity index is 2.39. The van der Waals surface area contributed by atoms with E-state index >= 15 is 0 Å². The van der Waals surface area contributed by atoms with E-state index in [1.807, 2.05) is 0 Å². The summed E-state index contributed by atoms with van der Waals surface area (Å²) < 4.78 is 65.5. The fourth-order valence-electron chi connectivity index (χ4n) is 3.11. The van der Waals surface area contributed by atoms with Gasteiger partial charge in [0.15, 0.2) is 11.6 Å². The molecular formula is C17H20F4O3. The largest absolute Gasteiger partial charge is 0.496 e. The second-order valence-corrected chi connectivity index (χ2v) is 6.93. The fourth-order valence-corrected chi connectivity index (χ4v) is 3.11. The maximum Gasteiger partial charge on any atom is 0.431 e. The first kappa shape index (κ1) is 18.5. The van der Waals surface area contributed by atoms with Crippen molar-refractivity contribution in [3.63, 3.8) is 0 Å². The van der Waals surface area contributed by atoms with Gasteiger partial charge in [-0.05, 0) is 31.2 Å². The molecule has 24 heavy (non-hydrogen) atoms. The molecule has 0 saturated heterocycles. The lowest BCUT2D eigenvalue weighted by Crippen LogP contribution is -2.31. The topological polar surface area (TPSA) is 35.5 Å². The number of alkyl halides is 2. The molecule has 0 amide bonds. The van der Waals surface area contributed by atoms with Gasteiger partial charge in [-0.15, -0.1) is 0 Å². The van der Waals surface area contributed by atoms with E-state index in [1.54, 1.807) is 20.8 Å². The van der Waals surface area contributed by atoms with Crippen molar-refractivity contribution >= 4 is 5.97 Å². The molecule has 1 fully saturated rings. The smallest absolute Gasteiger partial charge is 0.431 e. The van der Waals surface area contributed by atoms with Crippen LogP contribution in [0.3, 0.4) is 0 Å². The van der Waals surface area contributed by atoms with Crippen LogP contribution in [-0.2, 0) is 15.6 Å². The predicted molar refractivity (Wildman–Crippen MR) is 78.7 cm³/mol. The van der Waals surface area contributed by atoms with E-state index in [9.17, 15) is 22.4 Å². The Morgan fingerprint density at radius 1 is 1.21 bits per heavy atom. The molecule has 1 saturated carbocycles. The van der Waals surface area contributed by atoms with Crippen molar-refractivity contribution in [3.8, 4) is 5.75 Å². The maximum absolute atomic E-state index is 14.3. The lowest BCUT2D eigenvalue weighted by atomic mass is 9.98. The van der Waals surface area contributed by atoms with Crippen molar-refractivity contribution in [2.24, 2.45) is 16.7 Å². The van der Waals surface area contributed by atoms with Gasteiger partial charge in [0.05, 0.1) is 12.5 Å². The quantitative estimate of drug-likeness (QED) is 0.591. The molecule has 1 aliphatic rings. The number of esters is 1. The minimum Gasteiger partial charge on any atom is -0.496 e. The van der Waals surface area contributed by atoms with E-state index in [1.165, 1.54) is 13.8 Å². The summed E-state index contributed by atoms with van der Waals surface area (Å²) in [6, 6.07) is 0.644. The van der Waals surface area contributed by atoms with Gasteiger partial charge in [0, 0.05) is 5.56 Å². The summed E-state index contributed by atoms with van der Waals surface area (Å²) in [5.74, 6) is -4.82. The summed E-state index contributed by atoms with van der Waals surface area (Å²) in [4.78, 5) is 12.2. The van der Waals surface area contributed by atoms with Gasteiger partial charge in [0.25, 0.3) is 0 Å². The number of ether oxygens (including phenoxy) is 2. The lowest BCUT2D eigenvalue weighted by molar-refractivity contribution is -0.247. The van der Waals surface area contributed by atoms with Crippen LogP contribution < -0.4 is 4.74 Å². The Hall–Kier alpha value is -1.79. The molecule has 2 unspecified atom stereocenters. The maximum atomic E-state index is 14.3. The van der Waals surface area contributed by atoms with Gasteiger partial charge in [-0.1, -0.05) is 20.8 Å². The molecular weight excluding hydrogens is 328 g/mol. The molecule has 0 N–H and O–H groups in total. The van der Waals surface area contributed by atoms with Gasteiger partial charge in [-0.3, -0.25) is 4.79 Å². The number of hydrogen-bond donors (Lipinski definition) is 0. The number of carbonyl (C=O) groups excluding carboxylic acids is 1. The first-order chi connectivity index (χ1) is 10.8. The van der Waals surface area contributed by atoms with Crippen LogP contribution in [0.1, 0.15) is 38.8 Å². The number of hydrogen-bond acceptors (Lipinski definition) is 3. The van der Waals surface area contributed by atoms with E-state index in [-0.39, 0.29) is 17.2 Å². The van der Waals surface area contributed by atoms with E-state index in [4.69, 9.17) is 4.74 Å². The lowest BCUT2D eigenvalue weighted by Gasteiger charge is -2.22. The third-order valence-corrected chi connectivity index (χ3v) is 5.79. The van der Waals surface area contributed by atoms with Crippen LogP contribution in [-0.4, -0.2) is 13.1 Å². The third kappa shape index (κ3) is 2.36. The summed E-state index contributed by atoms with van der Waals surface area (Å²) in [6.45, 7) is 7.97. The first-order valence-corrected chi connectivity index (χ1v) is 7.46. The average Bonchev–Trinajstić information content (AvgIpc) is 2.89. The molecule has 0 aromatic heterocycles. The molecule has 1 aromatic carbocycles. The highest BCUT2D eigenvalue weighted by atomic mass is 19.3. The predicted octanol–water partition coefficient (Wildman–Crippen LogP) is 4.56. The Labute approximate surface area is 137 Å². The summed E-state index contributed by atoms with van der Waals surface area (Å²) in [6.07, 6.45) is -4.32. The summed E-state index contributed by atoms with van der Waals surface area (Å²) in [7, 11) is 1.14. The second-order valence-electron chi connectivity index (χ2n) is 6.93. The van der Waals surface area contributed by atoms with Crippen molar-refractivity contribution in [3.05, 3.63) is 28.8 Å². The van der Waals surface area contributed by atoms with Gasteiger partial charge in [0.2, 0.25) is 0 Å². The Bertz CT molecular complexity index is 700. The zero-order valence-electron chi connectivity index (χ0n) is 14.4. The van der Waals surface area contributed by atoms with Crippen LogP contribution in [0.5, 0.6) is 5.75 Å². The van der Waals surface area contributed by atoms with Crippen LogP contribution >= 0.6 is 0 Å². The summed E-state index contributed by atoms with van der Waals surface area (Å²) in [5.41, 5.74) is -3.25. The minimum absolute atomic E-state index is 0.178. The monoisotopic (exact) mass is 348 g/mol. The number of carbonyl (C=O) groups is 1. The molecule has 1 aliphatic carbocycles. The number of halogens is 4. The van der Waals surface area contributed by atoms with E-state index in [0.29, 0.717) is 6.07 Å². The molecule has 1 aromatic rings. The van der Waals surface area contributed by atoms with Crippen molar-refractivity contribution in [2.45, 2.75) is 40.7 Å². The third-order valence-electron chi connectivity index (χ3n) is 5.79. The molecule has 0 heterocycles. The van der Waals surface area contributed by atoms with Gasteiger partial charge < -0.3 is 9.47 Å². The summed E-state index contributed by atoms with van der Waals surface area (Å²) >= 11 is 0. The van der Waals surface area contributed by atoms with Crippen LogP contribution in [0.4, 0.5) is 17.6 Å². The molecule has 2 rings (SSSR count). The molecule has 134 valence electrons. The van der Waals surface area contributed by atoms with E-state index in [2.05, 4.69) is 4.74 Å². The molecule has 2 atom stereocenters. The molecule has 0 aliphatic heterocycles. The normalized spacial score (nSPS) is 25.3. The zero-order valence-corrected chi connectivity index (χ0v) is 14.4. The molecule has 0 radical (unpaired) electrons. The highest BCUT2D eigenvalue weighted by Crippen LogP contribution is 2.69. The number of methoxy groups -OCH3 is 1. The Morgan fingerprint density at radius 2 is 1.71 bits per heavy atom. The van der Waals surface area contributed by atoms with Crippen molar-refractivity contribution in [2.75, 3.05) is 7.11 Å². The second kappa shape index (κ2) is 5.36. The Morgan fingerprint density at radius 3 is 2.12 bits per heavy atom. The van der Waals surface area contributed by atoms with Crippen LogP contribution in [0.2, 0.25) is 0 Å². The van der Waals surface area contributed by atoms with Crippen LogP contribution in [0.15, 0.2) is 6.07 Å².